The van der Waals surface area contributed by atoms with Gasteiger partial charge in [-0.1, -0.05) is 19.4 Å². The maximum absolute atomic E-state index is 5.95. The highest BCUT2D eigenvalue weighted by atomic mass is 16.5. The van der Waals surface area contributed by atoms with Crippen LogP contribution in [0.3, 0.4) is 0 Å². The molecule has 0 aliphatic carbocycles. The molecule has 1 aromatic heterocycles. The summed E-state index contributed by atoms with van der Waals surface area (Å²) in [4.78, 5) is 0. The third kappa shape index (κ3) is 2.45. The minimum absolute atomic E-state index is 0.163. The molecule has 0 unspecified atom stereocenters. The van der Waals surface area contributed by atoms with E-state index in [0.29, 0.717) is 17.3 Å². The minimum atomic E-state index is -0.163. The second-order valence-electron chi connectivity index (χ2n) is 5.40. The largest absolute Gasteiger partial charge is 0.494 e. The Balaban J connectivity index is 2.56. The fraction of sp³-hybridized carbons (Fsp3) is 0.500. The number of nitrogens with zero attached hydrogens (tertiary/aromatic N) is 4. The van der Waals surface area contributed by atoms with Gasteiger partial charge in [0.2, 0.25) is 0 Å². The summed E-state index contributed by atoms with van der Waals surface area (Å²) in [5, 5.41) is 12.1. The van der Waals surface area contributed by atoms with Crippen LogP contribution in [0.5, 0.6) is 5.75 Å². The lowest BCUT2D eigenvalue weighted by atomic mass is 9.98. The summed E-state index contributed by atoms with van der Waals surface area (Å²) in [6.45, 7) is 6.39. The molecule has 0 saturated heterocycles. The predicted molar refractivity (Wildman–Crippen MR) is 78.4 cm³/mol. The smallest absolute Gasteiger partial charge is 0.186 e. The summed E-state index contributed by atoms with van der Waals surface area (Å²) >= 11 is 0. The van der Waals surface area contributed by atoms with Crippen LogP contribution < -0.4 is 10.5 Å². The first-order chi connectivity index (χ1) is 9.51. The van der Waals surface area contributed by atoms with Gasteiger partial charge in [-0.05, 0) is 42.8 Å². The molecule has 0 aliphatic rings. The standard InChI is InChI=1S/C14H21N5O/c1-5-9-14(2,3)19-13(16-17-18-19)10-7-6-8-11(15)12(10)20-4/h6-8H,5,9,15H2,1-4H3. The van der Waals surface area contributed by atoms with E-state index in [1.54, 1.807) is 13.2 Å². The second-order valence-corrected chi connectivity index (χ2v) is 5.40. The minimum Gasteiger partial charge on any atom is -0.494 e. The van der Waals surface area contributed by atoms with Crippen LogP contribution in [-0.4, -0.2) is 27.3 Å². The molecular formula is C14H21N5O. The molecular weight excluding hydrogens is 254 g/mol. The summed E-state index contributed by atoms with van der Waals surface area (Å²) in [5.41, 5.74) is 7.17. The van der Waals surface area contributed by atoms with Crippen molar-refractivity contribution in [1.82, 2.24) is 20.2 Å². The molecule has 1 aromatic carbocycles. The van der Waals surface area contributed by atoms with Gasteiger partial charge in [-0.15, -0.1) is 5.10 Å². The summed E-state index contributed by atoms with van der Waals surface area (Å²) in [6, 6.07) is 5.59. The summed E-state index contributed by atoms with van der Waals surface area (Å²) < 4.78 is 7.23. The van der Waals surface area contributed by atoms with Crippen LogP contribution in [0.2, 0.25) is 0 Å². The van der Waals surface area contributed by atoms with E-state index in [4.69, 9.17) is 10.5 Å². The Morgan fingerprint density at radius 3 is 2.75 bits per heavy atom. The van der Waals surface area contributed by atoms with Crippen LogP contribution in [0, 0.1) is 0 Å². The summed E-state index contributed by atoms with van der Waals surface area (Å²) in [6.07, 6.45) is 2.04. The molecule has 108 valence electrons. The Bertz CT molecular complexity index is 591. The Hall–Kier alpha value is -2.11. The van der Waals surface area contributed by atoms with E-state index in [1.807, 2.05) is 16.8 Å². The molecule has 0 saturated carbocycles. The zero-order valence-corrected chi connectivity index (χ0v) is 12.4. The number of aromatic nitrogens is 4. The van der Waals surface area contributed by atoms with Crippen molar-refractivity contribution in [2.75, 3.05) is 12.8 Å². The topological polar surface area (TPSA) is 78.9 Å². The van der Waals surface area contributed by atoms with Gasteiger partial charge in [0.25, 0.3) is 0 Å². The van der Waals surface area contributed by atoms with Gasteiger partial charge >= 0.3 is 0 Å². The van der Waals surface area contributed by atoms with Crippen LogP contribution in [0.1, 0.15) is 33.6 Å². The van der Waals surface area contributed by atoms with Gasteiger partial charge < -0.3 is 10.5 Å². The summed E-state index contributed by atoms with van der Waals surface area (Å²) in [7, 11) is 1.60. The van der Waals surface area contributed by atoms with Crippen molar-refractivity contribution >= 4 is 5.69 Å². The van der Waals surface area contributed by atoms with Gasteiger partial charge in [0, 0.05) is 0 Å². The molecule has 0 atom stereocenters. The van der Waals surface area contributed by atoms with Crippen molar-refractivity contribution in [3.63, 3.8) is 0 Å². The number of rotatable bonds is 5. The SMILES string of the molecule is CCCC(C)(C)n1nnnc1-c1cccc(N)c1OC. The Kier molecular flexibility index (Phi) is 3.92. The van der Waals surface area contributed by atoms with Gasteiger partial charge in [0.05, 0.1) is 23.9 Å². The molecule has 0 bridgehead atoms. The fourth-order valence-electron chi connectivity index (χ4n) is 2.44. The number of nitrogens with two attached hydrogens (primary N) is 1. The van der Waals surface area contributed by atoms with Gasteiger partial charge in [-0.25, -0.2) is 4.68 Å². The highest BCUT2D eigenvalue weighted by molar-refractivity contribution is 5.73. The number of ether oxygens (including phenoxy) is 1. The molecule has 0 amide bonds. The molecule has 0 aliphatic heterocycles. The van der Waals surface area contributed by atoms with E-state index >= 15 is 0 Å². The predicted octanol–water partition coefficient (Wildman–Crippen LogP) is 2.47. The first-order valence-corrected chi connectivity index (χ1v) is 6.73. The summed E-state index contributed by atoms with van der Waals surface area (Å²) in [5.74, 6) is 1.28. The molecule has 6 nitrogen and oxygen atoms in total. The first-order valence-electron chi connectivity index (χ1n) is 6.73. The average Bonchev–Trinajstić information content (AvgIpc) is 2.88. The molecule has 0 fully saturated rings. The van der Waals surface area contributed by atoms with E-state index in [9.17, 15) is 0 Å². The maximum Gasteiger partial charge on any atom is 0.186 e. The number of para-hydroxylation sites is 1. The van der Waals surface area contributed by atoms with Crippen LogP contribution in [0.4, 0.5) is 5.69 Å². The van der Waals surface area contributed by atoms with Crippen molar-refractivity contribution in [1.29, 1.82) is 0 Å². The quantitative estimate of drug-likeness (QED) is 0.848. The average molecular weight is 275 g/mol. The van der Waals surface area contributed by atoms with E-state index in [2.05, 4.69) is 36.3 Å². The molecule has 0 radical (unpaired) electrons. The van der Waals surface area contributed by atoms with Gasteiger partial charge in [0.15, 0.2) is 11.6 Å². The number of hydrogen-bond donors (Lipinski definition) is 1. The van der Waals surface area contributed by atoms with Crippen molar-refractivity contribution < 1.29 is 4.74 Å². The number of anilines is 1. The van der Waals surface area contributed by atoms with E-state index in [-0.39, 0.29) is 5.54 Å². The molecule has 2 N–H and O–H groups in total. The number of benzene rings is 1. The van der Waals surface area contributed by atoms with Crippen molar-refractivity contribution in [3.8, 4) is 17.1 Å². The molecule has 20 heavy (non-hydrogen) atoms. The Morgan fingerprint density at radius 1 is 1.35 bits per heavy atom. The van der Waals surface area contributed by atoms with Crippen LogP contribution in [-0.2, 0) is 5.54 Å². The first kappa shape index (κ1) is 14.3. The Labute approximate surface area is 118 Å². The lowest BCUT2D eigenvalue weighted by molar-refractivity contribution is 0.289. The highest BCUT2D eigenvalue weighted by Gasteiger charge is 2.26. The number of nitrogen functional groups attached to an aromatic ring is 1. The third-order valence-corrected chi connectivity index (χ3v) is 3.40. The molecule has 2 aromatic rings. The van der Waals surface area contributed by atoms with Gasteiger partial charge in [-0.3, -0.25) is 0 Å². The highest BCUT2D eigenvalue weighted by Crippen LogP contribution is 2.35. The monoisotopic (exact) mass is 275 g/mol. The van der Waals surface area contributed by atoms with Gasteiger partial charge in [0.1, 0.15) is 0 Å². The molecule has 0 spiro atoms. The molecule has 2 rings (SSSR count). The van der Waals surface area contributed by atoms with Crippen LogP contribution in [0.15, 0.2) is 18.2 Å². The van der Waals surface area contributed by atoms with Crippen LogP contribution in [0.25, 0.3) is 11.4 Å². The lowest BCUT2D eigenvalue weighted by Gasteiger charge is -2.25. The third-order valence-electron chi connectivity index (χ3n) is 3.40. The number of tetrazole rings is 1. The number of methoxy groups -OCH3 is 1. The van der Waals surface area contributed by atoms with Crippen LogP contribution >= 0.6 is 0 Å². The lowest BCUT2D eigenvalue weighted by Crippen LogP contribution is -2.28. The van der Waals surface area contributed by atoms with E-state index < -0.39 is 0 Å². The fourth-order valence-corrected chi connectivity index (χ4v) is 2.44. The van der Waals surface area contributed by atoms with E-state index in [0.717, 1.165) is 18.4 Å². The molecule has 6 heteroatoms. The zero-order valence-electron chi connectivity index (χ0n) is 12.4. The normalized spacial score (nSPS) is 11.6. The Morgan fingerprint density at radius 2 is 2.10 bits per heavy atom. The van der Waals surface area contributed by atoms with Crippen molar-refractivity contribution in [3.05, 3.63) is 18.2 Å². The number of hydrogen-bond acceptors (Lipinski definition) is 5. The maximum atomic E-state index is 5.95. The second kappa shape index (κ2) is 5.48. The van der Waals surface area contributed by atoms with Gasteiger partial charge in [-0.2, -0.15) is 0 Å². The van der Waals surface area contributed by atoms with Crippen molar-refractivity contribution in [2.24, 2.45) is 0 Å². The van der Waals surface area contributed by atoms with E-state index in [1.165, 1.54) is 0 Å². The molecule has 1 heterocycles. The van der Waals surface area contributed by atoms with Crippen molar-refractivity contribution in [2.45, 2.75) is 39.2 Å². The zero-order chi connectivity index (χ0) is 14.8.